The normalized spacial score (nSPS) is 25.3. The van der Waals surface area contributed by atoms with Gasteiger partial charge in [0.25, 0.3) is 5.91 Å². The van der Waals surface area contributed by atoms with E-state index < -0.39 is 23.5 Å². The molecule has 3 unspecified atom stereocenters. The molecular weight excluding hydrogens is 392 g/mol. The third-order valence-electron chi connectivity index (χ3n) is 5.87. The number of rotatable bonds is 5. The molecule has 164 valence electrons. The maximum atomic E-state index is 13.7. The molecule has 8 heteroatoms. The van der Waals surface area contributed by atoms with Crippen LogP contribution in [-0.4, -0.2) is 42.0 Å². The topological polar surface area (TPSA) is 70.7 Å². The minimum atomic E-state index is -1.09. The molecule has 0 bridgehead atoms. The van der Waals surface area contributed by atoms with Crippen LogP contribution in [0.5, 0.6) is 0 Å². The van der Waals surface area contributed by atoms with Gasteiger partial charge in [0.05, 0.1) is 18.2 Å². The SMILES string of the molecule is CCCC1NNC2C(C(=O)OCC)=CN(C(=O)c3ccc(F)c(F)c3)CC(C)(C)C12. The number of esters is 1. The number of nitrogens with one attached hydrogen (secondary N) is 2. The van der Waals surface area contributed by atoms with Gasteiger partial charge in [-0.15, -0.1) is 0 Å². The lowest BCUT2D eigenvalue weighted by Gasteiger charge is -2.38. The van der Waals surface area contributed by atoms with E-state index in [9.17, 15) is 18.4 Å². The van der Waals surface area contributed by atoms with Crippen molar-refractivity contribution < 1.29 is 23.1 Å². The van der Waals surface area contributed by atoms with Gasteiger partial charge in [-0.25, -0.2) is 19.0 Å². The standard InChI is InChI=1S/C22H29F2N3O3/c1-5-7-17-18-19(26-25-17)14(21(29)30-6-2)11-27(12-22(18,3)4)20(28)13-8-9-15(23)16(24)10-13/h8-11,17-19,25-26H,5-7,12H2,1-4H3. The molecule has 2 aliphatic heterocycles. The van der Waals surface area contributed by atoms with Crippen LogP contribution in [-0.2, 0) is 9.53 Å². The van der Waals surface area contributed by atoms with Crippen molar-refractivity contribution in [3.63, 3.8) is 0 Å². The number of nitrogens with zero attached hydrogens (tertiary/aromatic N) is 1. The summed E-state index contributed by atoms with van der Waals surface area (Å²) in [7, 11) is 0. The Balaban J connectivity index is 2.03. The average molecular weight is 421 g/mol. The van der Waals surface area contributed by atoms with Gasteiger partial charge in [-0.3, -0.25) is 10.2 Å². The highest BCUT2D eigenvalue weighted by molar-refractivity contribution is 5.97. The van der Waals surface area contributed by atoms with Crippen molar-refractivity contribution in [2.75, 3.05) is 13.2 Å². The highest BCUT2D eigenvalue weighted by atomic mass is 19.2. The molecule has 1 saturated heterocycles. The van der Waals surface area contributed by atoms with Crippen LogP contribution in [0.3, 0.4) is 0 Å². The van der Waals surface area contributed by atoms with Crippen LogP contribution in [0.2, 0.25) is 0 Å². The number of ether oxygens (including phenoxy) is 1. The summed E-state index contributed by atoms with van der Waals surface area (Å²) in [5.74, 6) is -3.08. The number of carbonyl (C=O) groups excluding carboxylic acids is 2. The summed E-state index contributed by atoms with van der Waals surface area (Å²) in [6, 6.07) is 2.84. The second-order valence-corrected chi connectivity index (χ2v) is 8.54. The van der Waals surface area contributed by atoms with E-state index in [-0.39, 0.29) is 35.6 Å². The first-order valence-corrected chi connectivity index (χ1v) is 10.4. The summed E-state index contributed by atoms with van der Waals surface area (Å²) in [6.07, 6.45) is 3.37. The largest absolute Gasteiger partial charge is 0.463 e. The maximum absolute atomic E-state index is 13.7. The number of benzene rings is 1. The number of halogens is 2. The van der Waals surface area contributed by atoms with Gasteiger partial charge in [0.2, 0.25) is 0 Å². The fraction of sp³-hybridized carbons (Fsp3) is 0.545. The van der Waals surface area contributed by atoms with Crippen molar-refractivity contribution in [1.82, 2.24) is 15.8 Å². The number of fused-ring (bicyclic) bond motifs is 1. The molecular formula is C22H29F2N3O3. The van der Waals surface area contributed by atoms with Crippen molar-refractivity contribution in [2.24, 2.45) is 11.3 Å². The molecule has 3 atom stereocenters. The number of hydrazine groups is 1. The Hall–Kier alpha value is -2.32. The van der Waals surface area contributed by atoms with Gasteiger partial charge in [-0.2, -0.15) is 0 Å². The van der Waals surface area contributed by atoms with E-state index in [0.717, 1.165) is 25.0 Å². The molecule has 0 radical (unpaired) electrons. The van der Waals surface area contributed by atoms with Gasteiger partial charge in [0, 0.05) is 30.3 Å². The molecule has 1 aromatic carbocycles. The first-order valence-electron chi connectivity index (χ1n) is 10.4. The Morgan fingerprint density at radius 1 is 1.20 bits per heavy atom. The molecule has 0 aliphatic carbocycles. The first-order chi connectivity index (χ1) is 14.2. The molecule has 2 aliphatic rings. The fourth-order valence-corrected chi connectivity index (χ4v) is 4.60. The predicted molar refractivity (Wildman–Crippen MR) is 108 cm³/mol. The number of amides is 1. The third-order valence-corrected chi connectivity index (χ3v) is 5.87. The summed E-state index contributed by atoms with van der Waals surface area (Å²) >= 11 is 0. The number of hydrogen-bond acceptors (Lipinski definition) is 5. The van der Waals surface area contributed by atoms with Crippen LogP contribution in [0.1, 0.15) is 50.9 Å². The Bertz CT molecular complexity index is 856. The van der Waals surface area contributed by atoms with Gasteiger partial charge >= 0.3 is 5.97 Å². The molecule has 0 saturated carbocycles. The molecule has 0 spiro atoms. The van der Waals surface area contributed by atoms with Gasteiger partial charge in [-0.05, 0) is 37.0 Å². The molecule has 2 N–H and O–H groups in total. The zero-order chi connectivity index (χ0) is 22.1. The second-order valence-electron chi connectivity index (χ2n) is 8.54. The highest BCUT2D eigenvalue weighted by Crippen LogP contribution is 2.42. The molecule has 6 nitrogen and oxygen atoms in total. The summed E-state index contributed by atoms with van der Waals surface area (Å²) in [5, 5.41) is 0. The molecule has 1 aromatic rings. The van der Waals surface area contributed by atoms with Crippen LogP contribution in [0.15, 0.2) is 30.0 Å². The molecule has 1 fully saturated rings. The summed E-state index contributed by atoms with van der Waals surface area (Å²) in [6.45, 7) is 8.45. The zero-order valence-corrected chi connectivity index (χ0v) is 17.8. The van der Waals surface area contributed by atoms with E-state index in [1.165, 1.54) is 17.2 Å². The van der Waals surface area contributed by atoms with Crippen molar-refractivity contribution in [2.45, 2.75) is 52.6 Å². The Labute approximate surface area is 175 Å². The molecule has 1 amide bonds. The molecule has 2 heterocycles. The molecule has 3 rings (SSSR count). The predicted octanol–water partition coefficient (Wildman–Crippen LogP) is 3.16. The smallest absolute Gasteiger partial charge is 0.337 e. The molecule has 0 aromatic heterocycles. The van der Waals surface area contributed by atoms with Crippen molar-refractivity contribution in [3.05, 3.63) is 47.2 Å². The van der Waals surface area contributed by atoms with Gasteiger partial charge < -0.3 is 9.64 Å². The number of hydrogen-bond donors (Lipinski definition) is 2. The van der Waals surface area contributed by atoms with Crippen LogP contribution in [0, 0.1) is 23.0 Å². The second kappa shape index (κ2) is 8.81. The van der Waals surface area contributed by atoms with E-state index in [0.29, 0.717) is 12.1 Å². The monoisotopic (exact) mass is 421 g/mol. The van der Waals surface area contributed by atoms with Crippen molar-refractivity contribution >= 4 is 11.9 Å². The van der Waals surface area contributed by atoms with Crippen molar-refractivity contribution in [1.29, 1.82) is 0 Å². The summed E-state index contributed by atoms with van der Waals surface area (Å²) in [4.78, 5) is 27.3. The Morgan fingerprint density at radius 2 is 1.93 bits per heavy atom. The summed E-state index contributed by atoms with van der Waals surface area (Å²) in [5.41, 5.74) is 6.52. The third kappa shape index (κ3) is 4.25. The van der Waals surface area contributed by atoms with E-state index in [2.05, 4.69) is 31.6 Å². The van der Waals surface area contributed by atoms with E-state index in [1.54, 1.807) is 6.92 Å². The Kier molecular flexibility index (Phi) is 6.57. The van der Waals surface area contributed by atoms with Gasteiger partial charge in [-0.1, -0.05) is 27.2 Å². The van der Waals surface area contributed by atoms with E-state index in [1.807, 2.05) is 0 Å². The van der Waals surface area contributed by atoms with E-state index >= 15 is 0 Å². The average Bonchev–Trinajstić information content (AvgIpc) is 3.06. The zero-order valence-electron chi connectivity index (χ0n) is 17.8. The molecule has 30 heavy (non-hydrogen) atoms. The maximum Gasteiger partial charge on any atom is 0.337 e. The fourth-order valence-electron chi connectivity index (χ4n) is 4.60. The number of carbonyl (C=O) groups is 2. The van der Waals surface area contributed by atoms with Gasteiger partial charge in [0.15, 0.2) is 11.6 Å². The minimum Gasteiger partial charge on any atom is -0.463 e. The summed E-state index contributed by atoms with van der Waals surface area (Å²) < 4.78 is 32.3. The highest BCUT2D eigenvalue weighted by Gasteiger charge is 2.50. The van der Waals surface area contributed by atoms with Crippen LogP contribution < -0.4 is 10.9 Å². The van der Waals surface area contributed by atoms with Crippen molar-refractivity contribution in [3.8, 4) is 0 Å². The van der Waals surface area contributed by atoms with Gasteiger partial charge in [0.1, 0.15) is 0 Å². The lowest BCUT2D eigenvalue weighted by atomic mass is 9.70. The van der Waals surface area contributed by atoms with Crippen LogP contribution in [0.25, 0.3) is 0 Å². The lowest BCUT2D eigenvalue weighted by molar-refractivity contribution is -0.139. The quantitative estimate of drug-likeness (QED) is 0.715. The van der Waals surface area contributed by atoms with Crippen LogP contribution in [0.4, 0.5) is 8.78 Å². The Morgan fingerprint density at radius 3 is 2.57 bits per heavy atom. The first kappa shape index (κ1) is 22.4. The minimum absolute atomic E-state index is 0.0208. The van der Waals surface area contributed by atoms with E-state index in [4.69, 9.17) is 4.74 Å². The van der Waals surface area contributed by atoms with Crippen LogP contribution >= 0.6 is 0 Å². The lowest BCUT2D eigenvalue weighted by Crippen LogP contribution is -2.45.